The van der Waals surface area contributed by atoms with Crippen LogP contribution in [0, 0.1) is 0 Å². The molecule has 0 saturated heterocycles. The van der Waals surface area contributed by atoms with E-state index in [0.29, 0.717) is 12.0 Å². The maximum atomic E-state index is 12.6. The molecule has 112 valence electrons. The maximum absolute atomic E-state index is 12.6. The molecule has 0 bridgehead atoms. The van der Waals surface area contributed by atoms with Gasteiger partial charge in [0.25, 0.3) is 0 Å². The van der Waals surface area contributed by atoms with Crippen LogP contribution in [0.15, 0.2) is 24.3 Å². The number of carbonyl (C=O) groups excluding carboxylic acids is 1. The number of hydrogen-bond donors (Lipinski definition) is 2. The Balaban J connectivity index is 2.78. The molecule has 3 nitrogen and oxygen atoms in total. The number of nitrogens with two attached hydrogens (primary N) is 1. The molecule has 2 atom stereocenters. The summed E-state index contributed by atoms with van der Waals surface area (Å²) in [7, 11) is 0. The van der Waals surface area contributed by atoms with Gasteiger partial charge in [-0.15, -0.1) is 0 Å². The molecule has 1 rings (SSSR count). The van der Waals surface area contributed by atoms with Crippen LogP contribution in [-0.2, 0) is 11.0 Å². The molecular weight excluding hydrogens is 269 g/mol. The molecule has 0 aliphatic rings. The Hall–Kier alpha value is -1.56. The number of carbonyl (C=O) groups is 1. The normalized spacial score (nSPS) is 14.7. The van der Waals surface area contributed by atoms with Gasteiger partial charge in [0.1, 0.15) is 0 Å². The van der Waals surface area contributed by atoms with Crippen molar-refractivity contribution in [2.45, 2.75) is 44.9 Å². The van der Waals surface area contributed by atoms with Crippen molar-refractivity contribution in [3.63, 3.8) is 0 Å². The lowest BCUT2D eigenvalue weighted by Gasteiger charge is -2.18. The van der Waals surface area contributed by atoms with Crippen LogP contribution in [0.1, 0.15) is 43.9 Å². The predicted octanol–water partition coefficient (Wildman–Crippen LogP) is 3.01. The number of rotatable bonds is 5. The fraction of sp³-hybridized carbons (Fsp3) is 0.500. The average molecular weight is 288 g/mol. The van der Waals surface area contributed by atoms with Crippen molar-refractivity contribution in [3.05, 3.63) is 35.4 Å². The van der Waals surface area contributed by atoms with Gasteiger partial charge in [-0.1, -0.05) is 25.5 Å². The van der Waals surface area contributed by atoms with Crippen molar-refractivity contribution in [3.8, 4) is 0 Å². The first-order valence-corrected chi connectivity index (χ1v) is 6.48. The number of alkyl halides is 3. The van der Waals surface area contributed by atoms with E-state index in [-0.39, 0.29) is 5.91 Å². The van der Waals surface area contributed by atoms with Crippen LogP contribution in [0.25, 0.3) is 0 Å². The molecule has 0 heterocycles. The highest BCUT2D eigenvalue weighted by atomic mass is 19.4. The molecule has 0 radical (unpaired) electrons. The fourth-order valence-electron chi connectivity index (χ4n) is 1.83. The van der Waals surface area contributed by atoms with E-state index in [1.807, 2.05) is 6.92 Å². The summed E-state index contributed by atoms with van der Waals surface area (Å²) >= 11 is 0. The van der Waals surface area contributed by atoms with Crippen LogP contribution in [-0.4, -0.2) is 11.9 Å². The van der Waals surface area contributed by atoms with Crippen molar-refractivity contribution in [1.82, 2.24) is 5.32 Å². The molecule has 0 fully saturated rings. The molecule has 6 heteroatoms. The predicted molar refractivity (Wildman–Crippen MR) is 70.9 cm³/mol. The van der Waals surface area contributed by atoms with Gasteiger partial charge in [-0.2, -0.15) is 13.2 Å². The summed E-state index contributed by atoms with van der Waals surface area (Å²) < 4.78 is 37.8. The Bertz CT molecular complexity index is 460. The lowest BCUT2D eigenvalue weighted by atomic mass is 10.0. The fourth-order valence-corrected chi connectivity index (χ4v) is 1.83. The number of nitrogens with one attached hydrogen (secondary N) is 1. The summed E-state index contributed by atoms with van der Waals surface area (Å²) in [6, 6.07) is 3.76. The van der Waals surface area contributed by atoms with Gasteiger partial charge < -0.3 is 11.1 Å². The summed E-state index contributed by atoms with van der Waals surface area (Å²) in [6.07, 6.45) is -3.08. The molecule has 3 N–H and O–H groups in total. The van der Waals surface area contributed by atoms with Crippen LogP contribution in [0.3, 0.4) is 0 Å². The zero-order valence-corrected chi connectivity index (χ0v) is 11.5. The van der Waals surface area contributed by atoms with Crippen LogP contribution < -0.4 is 11.1 Å². The smallest absolute Gasteiger partial charge is 0.348 e. The molecule has 0 saturated carbocycles. The van der Waals surface area contributed by atoms with E-state index in [1.165, 1.54) is 6.07 Å². The van der Waals surface area contributed by atoms with Crippen LogP contribution in [0.5, 0.6) is 0 Å². The van der Waals surface area contributed by atoms with Crippen molar-refractivity contribution in [2.24, 2.45) is 5.73 Å². The third-order valence-electron chi connectivity index (χ3n) is 3.01. The molecule has 1 aromatic carbocycles. The van der Waals surface area contributed by atoms with E-state index >= 15 is 0 Å². The van der Waals surface area contributed by atoms with E-state index in [4.69, 9.17) is 5.73 Å². The Morgan fingerprint density at radius 3 is 2.60 bits per heavy atom. The molecule has 20 heavy (non-hydrogen) atoms. The zero-order valence-electron chi connectivity index (χ0n) is 11.5. The SMILES string of the molecule is CCCC(N)C(=O)NC(C)c1cccc(C(F)(F)F)c1. The summed E-state index contributed by atoms with van der Waals surface area (Å²) in [4.78, 5) is 11.7. The van der Waals surface area contributed by atoms with Crippen molar-refractivity contribution < 1.29 is 18.0 Å². The van der Waals surface area contributed by atoms with Gasteiger partial charge in [0, 0.05) is 0 Å². The molecule has 0 aliphatic carbocycles. The van der Waals surface area contributed by atoms with Gasteiger partial charge in [0.2, 0.25) is 5.91 Å². The van der Waals surface area contributed by atoms with Gasteiger partial charge >= 0.3 is 6.18 Å². The van der Waals surface area contributed by atoms with Crippen molar-refractivity contribution in [2.75, 3.05) is 0 Å². The Morgan fingerprint density at radius 1 is 1.40 bits per heavy atom. The molecule has 0 aliphatic heterocycles. The van der Waals surface area contributed by atoms with Gasteiger partial charge in [0.15, 0.2) is 0 Å². The first-order chi connectivity index (χ1) is 9.25. The van der Waals surface area contributed by atoms with Crippen molar-refractivity contribution in [1.29, 1.82) is 0 Å². The molecule has 1 amide bonds. The lowest BCUT2D eigenvalue weighted by Crippen LogP contribution is -2.41. The third kappa shape index (κ3) is 4.52. The van der Waals surface area contributed by atoms with E-state index in [2.05, 4.69) is 5.32 Å². The molecule has 1 aromatic rings. The second-order valence-electron chi connectivity index (χ2n) is 4.75. The van der Waals surface area contributed by atoms with Crippen molar-refractivity contribution >= 4 is 5.91 Å². The summed E-state index contributed by atoms with van der Waals surface area (Å²) in [5, 5.41) is 2.63. The Kier molecular flexibility index (Phi) is 5.56. The Morgan fingerprint density at radius 2 is 2.05 bits per heavy atom. The molecule has 0 aromatic heterocycles. The molecule has 0 spiro atoms. The van der Waals surface area contributed by atoms with E-state index in [0.717, 1.165) is 18.6 Å². The standard InChI is InChI=1S/C14H19F3N2O/c1-3-5-12(18)13(20)19-9(2)10-6-4-7-11(8-10)14(15,16)17/h4,6-9,12H,3,5,18H2,1-2H3,(H,19,20). The average Bonchev–Trinajstić information content (AvgIpc) is 2.38. The minimum atomic E-state index is -4.39. The highest BCUT2D eigenvalue weighted by molar-refractivity contribution is 5.81. The summed E-state index contributed by atoms with van der Waals surface area (Å²) in [5.41, 5.74) is 5.33. The van der Waals surface area contributed by atoms with E-state index in [1.54, 1.807) is 13.0 Å². The van der Waals surface area contributed by atoms with Gasteiger partial charge in [0.05, 0.1) is 17.6 Å². The number of benzene rings is 1. The largest absolute Gasteiger partial charge is 0.416 e. The monoisotopic (exact) mass is 288 g/mol. The maximum Gasteiger partial charge on any atom is 0.416 e. The third-order valence-corrected chi connectivity index (χ3v) is 3.01. The second kappa shape index (κ2) is 6.74. The van der Waals surface area contributed by atoms with Gasteiger partial charge in [-0.25, -0.2) is 0 Å². The highest BCUT2D eigenvalue weighted by Crippen LogP contribution is 2.30. The number of halogens is 3. The highest BCUT2D eigenvalue weighted by Gasteiger charge is 2.30. The minimum absolute atomic E-state index is 0.350. The second-order valence-corrected chi connectivity index (χ2v) is 4.75. The number of hydrogen-bond acceptors (Lipinski definition) is 2. The topological polar surface area (TPSA) is 55.1 Å². The summed E-state index contributed by atoms with van der Waals surface area (Å²) in [6.45, 7) is 3.54. The Labute approximate surface area is 116 Å². The van der Waals surface area contributed by atoms with Crippen LogP contribution in [0.4, 0.5) is 13.2 Å². The number of amides is 1. The molecular formula is C14H19F3N2O. The van der Waals surface area contributed by atoms with E-state index in [9.17, 15) is 18.0 Å². The quantitative estimate of drug-likeness (QED) is 0.875. The first kappa shape index (κ1) is 16.5. The van der Waals surface area contributed by atoms with Crippen LogP contribution >= 0.6 is 0 Å². The van der Waals surface area contributed by atoms with Gasteiger partial charge in [-0.3, -0.25) is 4.79 Å². The lowest BCUT2D eigenvalue weighted by molar-refractivity contribution is -0.137. The first-order valence-electron chi connectivity index (χ1n) is 6.48. The molecule has 2 unspecified atom stereocenters. The van der Waals surface area contributed by atoms with E-state index < -0.39 is 23.8 Å². The zero-order chi connectivity index (χ0) is 15.3. The van der Waals surface area contributed by atoms with Crippen LogP contribution in [0.2, 0.25) is 0 Å². The van der Waals surface area contributed by atoms with Gasteiger partial charge in [-0.05, 0) is 31.0 Å². The minimum Gasteiger partial charge on any atom is -0.348 e. The summed E-state index contributed by atoms with van der Waals surface area (Å²) in [5.74, 6) is -0.350.